The van der Waals surface area contributed by atoms with Gasteiger partial charge in [0.2, 0.25) is 0 Å². The lowest BCUT2D eigenvalue weighted by Gasteiger charge is -2.39. The van der Waals surface area contributed by atoms with Crippen LogP contribution in [0.4, 0.5) is 0 Å². The summed E-state index contributed by atoms with van der Waals surface area (Å²) in [5, 5.41) is 23.7. The van der Waals surface area contributed by atoms with E-state index >= 15 is 0 Å². The van der Waals surface area contributed by atoms with Crippen LogP contribution in [0.15, 0.2) is 65.7 Å². The predicted molar refractivity (Wildman–Crippen MR) is 126 cm³/mol. The summed E-state index contributed by atoms with van der Waals surface area (Å²) in [6.45, 7) is 1.72. The van der Waals surface area contributed by atoms with Gasteiger partial charge in [0.1, 0.15) is 18.2 Å². The van der Waals surface area contributed by atoms with Gasteiger partial charge in [-0.1, -0.05) is 30.3 Å². The molecule has 0 aliphatic carbocycles. The zero-order chi connectivity index (χ0) is 22.4. The quantitative estimate of drug-likeness (QED) is 0.263. The molecule has 31 heavy (non-hydrogen) atoms. The number of allylic oxidation sites excluding steroid dienone is 1. The molecule has 0 fully saturated rings. The molecule has 4 N–H and O–H groups in total. The molecule has 8 nitrogen and oxygen atoms in total. The fourth-order valence-electron chi connectivity index (χ4n) is 3.23. The zero-order valence-electron chi connectivity index (χ0n) is 18.2. The highest BCUT2D eigenvalue weighted by Crippen LogP contribution is 2.22. The highest BCUT2D eigenvalue weighted by atomic mass is 16.5. The Kier molecular flexibility index (Phi) is 6.96. The van der Waals surface area contributed by atoms with Crippen LogP contribution in [0.25, 0.3) is 11.1 Å². The molecule has 1 aromatic heterocycles. The van der Waals surface area contributed by atoms with Crippen molar-refractivity contribution in [2.45, 2.75) is 6.54 Å². The average molecular weight is 420 g/mol. The molecule has 0 saturated heterocycles. The number of amidine groups is 1. The molecule has 2 aromatic rings. The number of quaternary nitrogens is 1. The van der Waals surface area contributed by atoms with Gasteiger partial charge in [0.05, 0.1) is 24.9 Å². The van der Waals surface area contributed by atoms with E-state index in [1.54, 1.807) is 25.5 Å². The SMILES string of the molecule is CN(C)CC[N+](C)([O-])Cc1ccc(C2=CN/C(=C(/C(=N)N)c3ccccn3)N=C2)cc1. The number of aromatic nitrogens is 1. The second kappa shape index (κ2) is 9.65. The van der Waals surface area contributed by atoms with Gasteiger partial charge in [-0.15, -0.1) is 0 Å². The van der Waals surface area contributed by atoms with Crippen LogP contribution in [-0.2, 0) is 6.54 Å². The minimum atomic E-state index is -0.307. The molecular weight excluding hydrogens is 390 g/mol. The van der Waals surface area contributed by atoms with Gasteiger partial charge in [-0.25, -0.2) is 4.99 Å². The number of aliphatic imine (C=N–C) groups is 1. The molecule has 1 aromatic carbocycles. The maximum atomic E-state index is 12.7. The highest BCUT2D eigenvalue weighted by molar-refractivity contribution is 6.21. The van der Waals surface area contributed by atoms with Crippen LogP contribution in [-0.4, -0.2) is 60.8 Å². The van der Waals surface area contributed by atoms with Crippen LogP contribution < -0.4 is 11.1 Å². The Morgan fingerprint density at radius 3 is 2.48 bits per heavy atom. The van der Waals surface area contributed by atoms with Gasteiger partial charge in [-0.2, -0.15) is 0 Å². The van der Waals surface area contributed by atoms with Crippen molar-refractivity contribution < 1.29 is 4.65 Å². The Morgan fingerprint density at radius 1 is 1.19 bits per heavy atom. The fourth-order valence-corrected chi connectivity index (χ4v) is 3.23. The number of nitrogens with two attached hydrogens (primary N) is 1. The normalized spacial score (nSPS) is 17.0. The van der Waals surface area contributed by atoms with Gasteiger partial charge in [-0.05, 0) is 31.8 Å². The van der Waals surface area contributed by atoms with E-state index in [-0.39, 0.29) is 10.5 Å². The number of pyridine rings is 1. The molecular formula is C23H29N7O. The first-order valence-corrected chi connectivity index (χ1v) is 10.1. The van der Waals surface area contributed by atoms with Crippen LogP contribution in [0.3, 0.4) is 0 Å². The van der Waals surface area contributed by atoms with Crippen LogP contribution >= 0.6 is 0 Å². The molecule has 1 unspecified atom stereocenters. The van der Waals surface area contributed by atoms with Gasteiger partial charge < -0.3 is 25.8 Å². The number of likely N-dealkylation sites (N-methyl/N-ethyl adjacent to an activating group) is 2. The van der Waals surface area contributed by atoms with Crippen molar-refractivity contribution in [3.8, 4) is 0 Å². The third kappa shape index (κ3) is 6.08. The minimum absolute atomic E-state index is 0.104. The maximum absolute atomic E-state index is 12.7. The Labute approximate surface area is 183 Å². The smallest absolute Gasteiger partial charge is 0.143 e. The van der Waals surface area contributed by atoms with Crippen molar-refractivity contribution in [3.63, 3.8) is 0 Å². The molecule has 1 aliphatic rings. The third-order valence-corrected chi connectivity index (χ3v) is 4.95. The number of hydrogen-bond acceptors (Lipinski definition) is 6. The van der Waals surface area contributed by atoms with Crippen LogP contribution in [0.2, 0.25) is 0 Å². The topological polar surface area (TPSA) is 113 Å². The number of nitrogens with zero attached hydrogens (tertiary/aromatic N) is 4. The third-order valence-electron chi connectivity index (χ3n) is 4.95. The Morgan fingerprint density at radius 2 is 1.94 bits per heavy atom. The first kappa shape index (κ1) is 22.4. The highest BCUT2D eigenvalue weighted by Gasteiger charge is 2.16. The van der Waals surface area contributed by atoms with Crippen LogP contribution in [0, 0.1) is 10.6 Å². The van der Waals surface area contributed by atoms with Gasteiger partial charge in [0.15, 0.2) is 0 Å². The van der Waals surface area contributed by atoms with E-state index in [2.05, 4.69) is 15.3 Å². The standard InChI is InChI=1S/C23H29N7O/c1-29(2)12-13-30(3,31)16-17-7-9-18(10-8-17)19-14-27-23(28-15-19)21(22(24)25)20-6-4-5-11-26-20/h4-11,14-15,27H,12-13,16H2,1-3H3,(H3,24,25)/b23-21-. The molecule has 0 radical (unpaired) electrons. The van der Waals surface area contributed by atoms with Crippen molar-refractivity contribution in [1.29, 1.82) is 5.41 Å². The van der Waals surface area contributed by atoms with Gasteiger partial charge in [-0.3, -0.25) is 10.4 Å². The van der Waals surface area contributed by atoms with Crippen molar-refractivity contribution in [1.82, 2.24) is 15.2 Å². The van der Waals surface area contributed by atoms with E-state index in [0.717, 1.165) is 23.2 Å². The molecule has 162 valence electrons. The summed E-state index contributed by atoms with van der Waals surface area (Å²) >= 11 is 0. The summed E-state index contributed by atoms with van der Waals surface area (Å²) in [7, 11) is 5.65. The molecule has 3 rings (SSSR count). The molecule has 0 saturated carbocycles. The van der Waals surface area contributed by atoms with E-state index in [0.29, 0.717) is 30.2 Å². The van der Waals surface area contributed by atoms with Crippen LogP contribution in [0.1, 0.15) is 16.8 Å². The summed E-state index contributed by atoms with van der Waals surface area (Å²) in [6, 6.07) is 13.4. The van der Waals surface area contributed by atoms with E-state index in [1.165, 1.54) is 0 Å². The second-order valence-electron chi connectivity index (χ2n) is 8.03. The largest absolute Gasteiger partial charge is 0.633 e. The second-order valence-corrected chi connectivity index (χ2v) is 8.03. The molecule has 2 heterocycles. The number of rotatable bonds is 8. The van der Waals surface area contributed by atoms with Gasteiger partial charge in [0, 0.05) is 36.3 Å². The summed E-state index contributed by atoms with van der Waals surface area (Å²) in [5.74, 6) is 0.375. The number of hydrogen-bond donors (Lipinski definition) is 3. The van der Waals surface area contributed by atoms with E-state index in [1.807, 2.05) is 61.6 Å². The zero-order valence-corrected chi connectivity index (χ0v) is 18.2. The van der Waals surface area contributed by atoms with Gasteiger partial charge >= 0.3 is 0 Å². The predicted octanol–water partition coefficient (Wildman–Crippen LogP) is 2.41. The monoisotopic (exact) mass is 419 g/mol. The lowest BCUT2D eigenvalue weighted by molar-refractivity contribution is -0.873. The number of hydroxylamine groups is 3. The number of nitrogens with one attached hydrogen (secondary N) is 2. The fraction of sp³-hybridized carbons (Fsp3) is 0.261. The Bertz CT molecular complexity index is 1010. The molecule has 1 atom stereocenters. The summed E-state index contributed by atoms with van der Waals surface area (Å²) in [4.78, 5) is 10.8. The Balaban J connectivity index is 1.72. The molecule has 0 spiro atoms. The molecule has 1 aliphatic heterocycles. The maximum Gasteiger partial charge on any atom is 0.143 e. The lowest BCUT2D eigenvalue weighted by Crippen LogP contribution is -2.41. The van der Waals surface area contributed by atoms with Crippen molar-refractivity contribution in [2.75, 3.05) is 34.2 Å². The van der Waals surface area contributed by atoms with Gasteiger partial charge in [0.25, 0.3) is 0 Å². The molecule has 8 heteroatoms. The molecule has 0 bridgehead atoms. The van der Waals surface area contributed by atoms with E-state index in [4.69, 9.17) is 11.1 Å². The lowest BCUT2D eigenvalue weighted by atomic mass is 10.0. The van der Waals surface area contributed by atoms with E-state index in [9.17, 15) is 5.21 Å². The average Bonchev–Trinajstić information content (AvgIpc) is 2.74. The van der Waals surface area contributed by atoms with E-state index < -0.39 is 0 Å². The van der Waals surface area contributed by atoms with Crippen molar-refractivity contribution >= 4 is 23.2 Å². The summed E-state index contributed by atoms with van der Waals surface area (Å²) in [5.41, 5.74) is 9.68. The summed E-state index contributed by atoms with van der Waals surface area (Å²) in [6.07, 6.45) is 5.21. The molecule has 0 amide bonds. The van der Waals surface area contributed by atoms with Crippen molar-refractivity contribution in [2.24, 2.45) is 10.7 Å². The minimum Gasteiger partial charge on any atom is -0.633 e. The van der Waals surface area contributed by atoms with Crippen LogP contribution in [0.5, 0.6) is 0 Å². The first-order chi connectivity index (χ1) is 14.7. The Hall–Kier alpha value is -3.33. The van der Waals surface area contributed by atoms with Crippen molar-refractivity contribution in [3.05, 3.63) is 82.7 Å². The first-order valence-electron chi connectivity index (χ1n) is 10.1. The number of benzene rings is 1. The summed E-state index contributed by atoms with van der Waals surface area (Å²) < 4.78 is -0.307.